The summed E-state index contributed by atoms with van der Waals surface area (Å²) in [6, 6.07) is 3.76. The topological polar surface area (TPSA) is 50.3 Å². The van der Waals surface area contributed by atoms with Gasteiger partial charge in [0.1, 0.15) is 0 Å². The van der Waals surface area contributed by atoms with Crippen molar-refractivity contribution < 1.29 is 9.59 Å². The quantitative estimate of drug-likeness (QED) is 0.611. The fourth-order valence-electron chi connectivity index (χ4n) is 4.85. The van der Waals surface area contributed by atoms with Gasteiger partial charge in [0.05, 0.1) is 18.4 Å². The molecule has 6 rings (SSSR count). The Morgan fingerprint density at radius 2 is 1.76 bits per heavy atom. The monoisotopic (exact) mass is 280 g/mol. The number of pyridine rings is 1. The third-order valence-corrected chi connectivity index (χ3v) is 5.82. The lowest BCUT2D eigenvalue weighted by Gasteiger charge is -2.37. The number of carbonyl (C=O) groups is 2. The highest BCUT2D eigenvalue weighted by Gasteiger charge is 2.66. The van der Waals surface area contributed by atoms with Gasteiger partial charge in [0.25, 0.3) is 0 Å². The first kappa shape index (κ1) is 11.7. The molecule has 0 unspecified atom stereocenters. The molecule has 2 amide bonds. The van der Waals surface area contributed by atoms with Crippen LogP contribution >= 0.6 is 0 Å². The molecule has 6 atom stereocenters. The summed E-state index contributed by atoms with van der Waals surface area (Å²) in [5.41, 5.74) is 0.920. The normalized spacial score (nSPS) is 42.2. The first-order valence-corrected chi connectivity index (χ1v) is 7.68. The van der Waals surface area contributed by atoms with E-state index in [-0.39, 0.29) is 23.7 Å². The van der Waals surface area contributed by atoms with Crippen LogP contribution in [0.4, 0.5) is 0 Å². The van der Waals surface area contributed by atoms with Crippen LogP contribution in [-0.4, -0.2) is 21.7 Å². The molecule has 2 heterocycles. The molecular formula is C17H16N2O2. The van der Waals surface area contributed by atoms with Gasteiger partial charge in [-0.15, -0.1) is 0 Å². The third-order valence-electron chi connectivity index (χ3n) is 5.82. The molecule has 4 nitrogen and oxygen atoms in total. The van der Waals surface area contributed by atoms with E-state index in [1.165, 1.54) is 11.3 Å². The molecule has 21 heavy (non-hydrogen) atoms. The van der Waals surface area contributed by atoms with E-state index in [9.17, 15) is 9.59 Å². The molecule has 2 saturated carbocycles. The fourth-order valence-corrected chi connectivity index (χ4v) is 4.85. The second kappa shape index (κ2) is 3.81. The molecule has 106 valence electrons. The predicted octanol–water partition coefficient (Wildman–Crippen LogP) is 1.63. The molecule has 4 aliphatic carbocycles. The summed E-state index contributed by atoms with van der Waals surface area (Å²) >= 11 is 0. The summed E-state index contributed by atoms with van der Waals surface area (Å²) in [6.45, 7) is 0.368. The van der Waals surface area contributed by atoms with Crippen molar-refractivity contribution in [1.82, 2.24) is 9.88 Å². The molecule has 1 saturated heterocycles. The summed E-state index contributed by atoms with van der Waals surface area (Å²) < 4.78 is 0. The number of nitrogens with zero attached hydrogens (tertiary/aromatic N) is 2. The van der Waals surface area contributed by atoms with Crippen molar-refractivity contribution in [2.75, 3.05) is 0 Å². The third kappa shape index (κ3) is 1.42. The molecule has 0 spiro atoms. The van der Waals surface area contributed by atoms with Crippen LogP contribution in [-0.2, 0) is 16.1 Å². The average Bonchev–Trinajstić information content (AvgIpc) is 3.30. The number of likely N-dealkylation sites (tertiary alicyclic amines) is 1. The van der Waals surface area contributed by atoms with Gasteiger partial charge in [0, 0.05) is 12.4 Å². The van der Waals surface area contributed by atoms with E-state index in [0.717, 1.165) is 5.56 Å². The molecule has 0 N–H and O–H groups in total. The molecular weight excluding hydrogens is 264 g/mol. The molecule has 0 radical (unpaired) electrons. The SMILES string of the molecule is O=C1[C@H]2[C@@H]3C=C[C@@H]([C@H]4C[C@H]34)[C@@H]2C(=O)N1Cc1cccnc1. The van der Waals surface area contributed by atoms with Crippen LogP contribution in [0.5, 0.6) is 0 Å². The van der Waals surface area contributed by atoms with Gasteiger partial charge in [-0.3, -0.25) is 19.5 Å². The van der Waals surface area contributed by atoms with E-state index in [0.29, 0.717) is 30.2 Å². The Balaban J connectivity index is 1.49. The van der Waals surface area contributed by atoms with E-state index >= 15 is 0 Å². The molecule has 5 aliphatic rings. The maximum atomic E-state index is 12.8. The van der Waals surface area contributed by atoms with Crippen LogP contribution in [0.1, 0.15) is 12.0 Å². The number of hydrogen-bond donors (Lipinski definition) is 0. The zero-order valence-electron chi connectivity index (χ0n) is 11.6. The zero-order valence-corrected chi connectivity index (χ0v) is 11.6. The van der Waals surface area contributed by atoms with Crippen LogP contribution in [0, 0.1) is 35.5 Å². The molecule has 4 heteroatoms. The van der Waals surface area contributed by atoms with Crippen molar-refractivity contribution in [1.29, 1.82) is 0 Å². The lowest BCUT2D eigenvalue weighted by Crippen LogP contribution is -2.40. The van der Waals surface area contributed by atoms with Gasteiger partial charge in [-0.25, -0.2) is 0 Å². The number of amides is 2. The Bertz CT molecular complexity index is 633. The number of imide groups is 1. The van der Waals surface area contributed by atoms with Crippen molar-refractivity contribution in [3.8, 4) is 0 Å². The van der Waals surface area contributed by atoms with Crippen molar-refractivity contribution >= 4 is 11.8 Å². The van der Waals surface area contributed by atoms with Crippen molar-refractivity contribution in [3.05, 3.63) is 42.2 Å². The second-order valence-corrected chi connectivity index (χ2v) is 6.78. The first-order chi connectivity index (χ1) is 10.3. The molecule has 1 aromatic rings. The minimum Gasteiger partial charge on any atom is -0.278 e. The molecule has 3 fully saturated rings. The second-order valence-electron chi connectivity index (χ2n) is 6.78. The summed E-state index contributed by atoms with van der Waals surface area (Å²) in [7, 11) is 0. The van der Waals surface area contributed by atoms with Gasteiger partial charge in [0.2, 0.25) is 11.8 Å². The van der Waals surface area contributed by atoms with Crippen molar-refractivity contribution in [3.63, 3.8) is 0 Å². The Morgan fingerprint density at radius 3 is 2.33 bits per heavy atom. The predicted molar refractivity (Wildman–Crippen MR) is 74.5 cm³/mol. The maximum absolute atomic E-state index is 12.8. The smallest absolute Gasteiger partial charge is 0.234 e. The average molecular weight is 280 g/mol. The summed E-state index contributed by atoms with van der Waals surface area (Å²) in [5, 5.41) is 0. The van der Waals surface area contributed by atoms with Crippen LogP contribution in [0.25, 0.3) is 0 Å². The summed E-state index contributed by atoms with van der Waals surface area (Å²) in [6.07, 6.45) is 9.05. The number of rotatable bonds is 2. The summed E-state index contributed by atoms with van der Waals surface area (Å²) in [5.74, 6) is 1.84. The number of aromatic nitrogens is 1. The molecule has 1 aliphatic heterocycles. The Kier molecular flexibility index (Phi) is 2.12. The Labute approximate surface area is 122 Å². The highest BCUT2D eigenvalue weighted by Crippen LogP contribution is 2.65. The van der Waals surface area contributed by atoms with E-state index in [2.05, 4.69) is 17.1 Å². The highest BCUT2D eigenvalue weighted by molar-refractivity contribution is 6.06. The van der Waals surface area contributed by atoms with Gasteiger partial charge in [-0.2, -0.15) is 0 Å². The fraction of sp³-hybridized carbons (Fsp3) is 0.471. The Hall–Kier alpha value is -1.97. The van der Waals surface area contributed by atoms with E-state index in [1.54, 1.807) is 12.4 Å². The zero-order chi connectivity index (χ0) is 14.1. The maximum Gasteiger partial charge on any atom is 0.234 e. The van der Waals surface area contributed by atoms with Crippen molar-refractivity contribution in [2.45, 2.75) is 13.0 Å². The van der Waals surface area contributed by atoms with Gasteiger partial charge >= 0.3 is 0 Å². The van der Waals surface area contributed by atoms with Gasteiger partial charge in [0.15, 0.2) is 0 Å². The standard InChI is InChI=1S/C17H16N2O2/c20-16-14-10-3-4-11(13-6-12(10)13)15(14)17(21)19(16)8-9-2-1-5-18-7-9/h1-5,7,10-15H,6,8H2/t10-,11+,12-,13-,14+,15+/m1/s1. The molecule has 1 aromatic heterocycles. The number of carbonyl (C=O) groups excluding carboxylic acids is 2. The van der Waals surface area contributed by atoms with Crippen molar-refractivity contribution in [2.24, 2.45) is 35.5 Å². The Morgan fingerprint density at radius 1 is 1.10 bits per heavy atom. The largest absolute Gasteiger partial charge is 0.278 e. The molecule has 2 bridgehead atoms. The van der Waals surface area contributed by atoms with Crippen LogP contribution in [0.15, 0.2) is 36.7 Å². The lowest BCUT2D eigenvalue weighted by molar-refractivity contribution is -0.140. The number of hydrogen-bond acceptors (Lipinski definition) is 3. The highest BCUT2D eigenvalue weighted by atomic mass is 16.2. The van der Waals surface area contributed by atoms with E-state index in [1.807, 2.05) is 12.1 Å². The van der Waals surface area contributed by atoms with Gasteiger partial charge in [-0.1, -0.05) is 18.2 Å². The lowest BCUT2D eigenvalue weighted by atomic mass is 9.63. The minimum atomic E-state index is -0.0899. The van der Waals surface area contributed by atoms with Crippen LogP contribution in [0.2, 0.25) is 0 Å². The first-order valence-electron chi connectivity index (χ1n) is 7.68. The number of allylic oxidation sites excluding steroid dienone is 2. The van der Waals surface area contributed by atoms with Crippen LogP contribution in [0.3, 0.4) is 0 Å². The van der Waals surface area contributed by atoms with E-state index < -0.39 is 0 Å². The van der Waals surface area contributed by atoms with E-state index in [4.69, 9.17) is 0 Å². The minimum absolute atomic E-state index is 0.0403. The van der Waals surface area contributed by atoms with Gasteiger partial charge < -0.3 is 0 Å². The van der Waals surface area contributed by atoms with Crippen LogP contribution < -0.4 is 0 Å². The van der Waals surface area contributed by atoms with Gasteiger partial charge in [-0.05, 0) is 41.7 Å². The molecule has 0 aromatic carbocycles. The summed E-state index contributed by atoms with van der Waals surface area (Å²) in [4.78, 5) is 31.1.